The summed E-state index contributed by atoms with van der Waals surface area (Å²) in [4.78, 5) is 17.1. The minimum atomic E-state index is -0.659. The molecule has 1 aliphatic rings. The Morgan fingerprint density at radius 2 is 2.14 bits per heavy atom. The SMILES string of the molecule is CCn1nc(-c2ccc(Cl)c(F)c2)nc1CC(=O)N[C@@H]1c2ccccc2C[C@H]1O. The molecule has 1 amide bonds. The molecule has 2 N–H and O–H groups in total. The Kier molecular flexibility index (Phi) is 5.34. The van der Waals surface area contributed by atoms with Crippen molar-refractivity contribution < 1.29 is 14.3 Å². The maximum atomic E-state index is 13.8. The second kappa shape index (κ2) is 7.93. The van der Waals surface area contributed by atoms with Crippen LogP contribution in [0.1, 0.15) is 29.9 Å². The van der Waals surface area contributed by atoms with Crippen LogP contribution >= 0.6 is 11.6 Å². The maximum Gasteiger partial charge on any atom is 0.228 e. The molecule has 3 aromatic rings. The summed E-state index contributed by atoms with van der Waals surface area (Å²) in [6.45, 7) is 2.40. The number of hydrogen-bond acceptors (Lipinski definition) is 4. The molecule has 1 aromatic heterocycles. The van der Waals surface area contributed by atoms with Gasteiger partial charge in [0.25, 0.3) is 0 Å². The van der Waals surface area contributed by atoms with Crippen LogP contribution in [0.15, 0.2) is 42.5 Å². The van der Waals surface area contributed by atoms with E-state index < -0.39 is 18.0 Å². The van der Waals surface area contributed by atoms with Gasteiger partial charge in [-0.2, -0.15) is 5.10 Å². The largest absolute Gasteiger partial charge is 0.390 e. The summed E-state index contributed by atoms with van der Waals surface area (Å²) in [6.07, 6.45) is -0.145. The molecule has 2 atom stereocenters. The highest BCUT2D eigenvalue weighted by molar-refractivity contribution is 6.30. The van der Waals surface area contributed by atoms with E-state index in [1.165, 1.54) is 12.1 Å². The van der Waals surface area contributed by atoms with Gasteiger partial charge in [0.15, 0.2) is 5.82 Å². The van der Waals surface area contributed by atoms with E-state index in [1.54, 1.807) is 10.7 Å². The second-order valence-electron chi connectivity index (χ2n) is 6.99. The Balaban J connectivity index is 1.52. The molecule has 150 valence electrons. The van der Waals surface area contributed by atoms with Crippen molar-refractivity contribution in [1.82, 2.24) is 20.1 Å². The Morgan fingerprint density at radius 1 is 1.34 bits per heavy atom. The Bertz CT molecular complexity index is 1070. The number of halogens is 2. The quantitative estimate of drug-likeness (QED) is 0.672. The van der Waals surface area contributed by atoms with Gasteiger partial charge in [-0.1, -0.05) is 35.9 Å². The van der Waals surface area contributed by atoms with Crippen LogP contribution in [0.25, 0.3) is 11.4 Å². The molecular formula is C21H20ClFN4O2. The number of fused-ring (bicyclic) bond motifs is 1. The third kappa shape index (κ3) is 3.88. The average Bonchev–Trinajstić information content (AvgIpc) is 3.25. The number of aliphatic hydroxyl groups excluding tert-OH is 1. The number of aryl methyl sites for hydroxylation is 1. The molecule has 0 radical (unpaired) electrons. The molecular weight excluding hydrogens is 395 g/mol. The van der Waals surface area contributed by atoms with E-state index in [4.69, 9.17) is 11.6 Å². The maximum absolute atomic E-state index is 13.8. The number of hydrogen-bond donors (Lipinski definition) is 2. The number of aromatic nitrogens is 3. The first-order valence-corrected chi connectivity index (χ1v) is 9.78. The van der Waals surface area contributed by atoms with Gasteiger partial charge >= 0.3 is 0 Å². The number of benzene rings is 2. The van der Waals surface area contributed by atoms with E-state index in [0.29, 0.717) is 30.2 Å². The number of rotatable bonds is 5. The van der Waals surface area contributed by atoms with Crippen LogP contribution in [-0.2, 0) is 24.2 Å². The number of aliphatic hydroxyl groups is 1. The lowest BCUT2D eigenvalue weighted by atomic mass is 10.1. The fraction of sp³-hybridized carbons (Fsp3) is 0.286. The normalized spacial score (nSPS) is 17.9. The molecule has 0 aliphatic heterocycles. The predicted molar refractivity (Wildman–Crippen MR) is 107 cm³/mol. The summed E-state index contributed by atoms with van der Waals surface area (Å²) in [5.74, 6) is -0.0144. The van der Waals surface area contributed by atoms with Crippen LogP contribution in [0.2, 0.25) is 5.02 Å². The van der Waals surface area contributed by atoms with Crippen molar-refractivity contribution in [3.8, 4) is 11.4 Å². The average molecular weight is 415 g/mol. The van der Waals surface area contributed by atoms with Crippen molar-refractivity contribution in [3.05, 3.63) is 70.3 Å². The fourth-order valence-electron chi connectivity index (χ4n) is 3.63. The van der Waals surface area contributed by atoms with E-state index in [-0.39, 0.29) is 17.4 Å². The molecule has 4 rings (SSSR count). The van der Waals surface area contributed by atoms with Crippen LogP contribution in [0.3, 0.4) is 0 Å². The van der Waals surface area contributed by atoms with E-state index in [1.807, 2.05) is 31.2 Å². The second-order valence-corrected chi connectivity index (χ2v) is 7.40. The zero-order valence-corrected chi connectivity index (χ0v) is 16.5. The number of nitrogens with zero attached hydrogens (tertiary/aromatic N) is 3. The van der Waals surface area contributed by atoms with Crippen LogP contribution < -0.4 is 5.32 Å². The lowest BCUT2D eigenvalue weighted by Gasteiger charge is -2.17. The molecule has 0 bridgehead atoms. The zero-order chi connectivity index (χ0) is 20.5. The van der Waals surface area contributed by atoms with Crippen LogP contribution in [0.4, 0.5) is 4.39 Å². The van der Waals surface area contributed by atoms with E-state index in [9.17, 15) is 14.3 Å². The smallest absolute Gasteiger partial charge is 0.228 e. The fourth-order valence-corrected chi connectivity index (χ4v) is 3.75. The minimum Gasteiger partial charge on any atom is -0.390 e. The highest BCUT2D eigenvalue weighted by atomic mass is 35.5. The Labute approximate surface area is 172 Å². The highest BCUT2D eigenvalue weighted by Crippen LogP contribution is 2.31. The van der Waals surface area contributed by atoms with Gasteiger partial charge in [0.05, 0.1) is 23.6 Å². The zero-order valence-electron chi connectivity index (χ0n) is 15.8. The molecule has 8 heteroatoms. The molecule has 0 saturated heterocycles. The van der Waals surface area contributed by atoms with Crippen molar-refractivity contribution in [2.24, 2.45) is 0 Å². The molecule has 1 heterocycles. The number of carbonyl (C=O) groups is 1. The Hall–Kier alpha value is -2.77. The first kappa shape index (κ1) is 19.5. The first-order valence-electron chi connectivity index (χ1n) is 9.40. The highest BCUT2D eigenvalue weighted by Gasteiger charge is 2.32. The van der Waals surface area contributed by atoms with Gasteiger partial charge in [0.2, 0.25) is 5.91 Å². The van der Waals surface area contributed by atoms with Crippen LogP contribution in [-0.4, -0.2) is 31.9 Å². The van der Waals surface area contributed by atoms with Gasteiger partial charge in [-0.25, -0.2) is 14.1 Å². The van der Waals surface area contributed by atoms with E-state index in [2.05, 4.69) is 15.4 Å². The number of nitrogens with one attached hydrogen (secondary N) is 1. The summed E-state index contributed by atoms with van der Waals surface area (Å²) in [5, 5.41) is 17.6. The van der Waals surface area contributed by atoms with Crippen molar-refractivity contribution in [3.63, 3.8) is 0 Å². The van der Waals surface area contributed by atoms with Gasteiger partial charge in [-0.3, -0.25) is 4.79 Å². The molecule has 2 aromatic carbocycles. The summed E-state index contributed by atoms with van der Waals surface area (Å²) < 4.78 is 15.4. The lowest BCUT2D eigenvalue weighted by Crippen LogP contribution is -2.35. The van der Waals surface area contributed by atoms with E-state index in [0.717, 1.165) is 11.1 Å². The van der Waals surface area contributed by atoms with Gasteiger partial charge < -0.3 is 10.4 Å². The number of amides is 1. The molecule has 0 fully saturated rings. The molecule has 1 aliphatic carbocycles. The van der Waals surface area contributed by atoms with Crippen molar-refractivity contribution in [2.75, 3.05) is 0 Å². The third-order valence-corrected chi connectivity index (χ3v) is 5.37. The van der Waals surface area contributed by atoms with Crippen molar-refractivity contribution in [2.45, 2.75) is 38.5 Å². The minimum absolute atomic E-state index is 0.00228. The summed E-state index contributed by atoms with van der Waals surface area (Å²) in [6, 6.07) is 11.6. The first-order chi connectivity index (χ1) is 14.0. The van der Waals surface area contributed by atoms with Gasteiger partial charge in [-0.15, -0.1) is 0 Å². The van der Waals surface area contributed by atoms with Crippen LogP contribution in [0.5, 0.6) is 0 Å². The predicted octanol–water partition coefficient (Wildman–Crippen LogP) is 3.07. The van der Waals surface area contributed by atoms with E-state index >= 15 is 0 Å². The van der Waals surface area contributed by atoms with Crippen LogP contribution in [0, 0.1) is 5.82 Å². The van der Waals surface area contributed by atoms with Crippen molar-refractivity contribution >= 4 is 17.5 Å². The number of carbonyl (C=O) groups excluding carboxylic acids is 1. The summed E-state index contributed by atoms with van der Waals surface area (Å²) >= 11 is 5.74. The summed E-state index contributed by atoms with van der Waals surface area (Å²) in [5.41, 5.74) is 2.46. The topological polar surface area (TPSA) is 80.0 Å². The van der Waals surface area contributed by atoms with Gasteiger partial charge in [0.1, 0.15) is 11.6 Å². The van der Waals surface area contributed by atoms with Gasteiger partial charge in [0, 0.05) is 18.5 Å². The van der Waals surface area contributed by atoms with Crippen molar-refractivity contribution in [1.29, 1.82) is 0 Å². The molecule has 29 heavy (non-hydrogen) atoms. The Morgan fingerprint density at radius 3 is 2.90 bits per heavy atom. The molecule has 6 nitrogen and oxygen atoms in total. The molecule has 0 spiro atoms. The molecule has 0 saturated carbocycles. The standard InChI is InChI=1S/C21H20ClFN4O2/c1-2-27-18(24-21(26-27)13-7-8-15(22)16(23)9-13)11-19(29)25-20-14-6-4-3-5-12(14)10-17(20)28/h3-9,17,20,28H,2,10-11H2,1H3,(H,25,29)/t17-,20-/m1/s1. The monoisotopic (exact) mass is 414 g/mol. The van der Waals surface area contributed by atoms with Gasteiger partial charge in [-0.05, 0) is 36.2 Å². The summed E-state index contributed by atoms with van der Waals surface area (Å²) in [7, 11) is 0. The third-order valence-electron chi connectivity index (χ3n) is 5.06. The lowest BCUT2D eigenvalue weighted by molar-refractivity contribution is -0.122. The molecule has 0 unspecified atom stereocenters.